The molecule has 1 atom stereocenters. The molecule has 5 heteroatoms. The van der Waals surface area contributed by atoms with Crippen molar-refractivity contribution in [1.29, 1.82) is 0 Å². The Morgan fingerprint density at radius 2 is 2.00 bits per heavy atom. The summed E-state index contributed by atoms with van der Waals surface area (Å²) in [6, 6.07) is -0.521. The topological polar surface area (TPSA) is 64.8 Å². The third-order valence-electron chi connectivity index (χ3n) is 2.41. The third-order valence-corrected chi connectivity index (χ3v) is 2.41. The van der Waals surface area contributed by atoms with Crippen LogP contribution in [0, 0.1) is 0 Å². The van der Waals surface area contributed by atoms with E-state index in [-0.39, 0.29) is 5.97 Å². The van der Waals surface area contributed by atoms with Crippen molar-refractivity contribution in [3.63, 3.8) is 0 Å². The number of rotatable bonds is 9. The molecule has 2 N–H and O–H groups in total. The van der Waals surface area contributed by atoms with Gasteiger partial charge in [-0.15, -0.1) is 0 Å². The van der Waals surface area contributed by atoms with Gasteiger partial charge in [-0.25, -0.2) is 0 Å². The van der Waals surface area contributed by atoms with E-state index in [1.807, 2.05) is 0 Å². The van der Waals surface area contributed by atoms with Crippen molar-refractivity contribution in [1.82, 2.24) is 4.90 Å². The maximum absolute atomic E-state index is 11.1. The Kier molecular flexibility index (Phi) is 9.18. The summed E-state index contributed by atoms with van der Waals surface area (Å²) >= 11 is 0. The summed E-state index contributed by atoms with van der Waals surface area (Å²) in [5.41, 5.74) is 5.67. The molecule has 0 heterocycles. The molecule has 0 aliphatic rings. The standard InChI is InChI=1S/C11H24N2O3/c1-4-6-13(8-9-15-2)7-5-10(12)11(14)16-3/h10H,4-9,12H2,1-3H3. The van der Waals surface area contributed by atoms with Gasteiger partial charge >= 0.3 is 5.97 Å². The van der Waals surface area contributed by atoms with Gasteiger partial charge in [0.1, 0.15) is 6.04 Å². The van der Waals surface area contributed by atoms with Crippen LogP contribution in [0.5, 0.6) is 0 Å². The largest absolute Gasteiger partial charge is 0.468 e. The predicted octanol–water partition coefficient (Wildman–Crippen LogP) is 0.235. The summed E-state index contributed by atoms with van der Waals surface area (Å²) in [5, 5.41) is 0. The van der Waals surface area contributed by atoms with Crippen LogP contribution < -0.4 is 5.73 Å². The number of esters is 1. The van der Waals surface area contributed by atoms with E-state index in [2.05, 4.69) is 16.6 Å². The lowest BCUT2D eigenvalue weighted by atomic mass is 10.2. The predicted molar refractivity (Wildman–Crippen MR) is 63.2 cm³/mol. The number of hydrogen-bond donors (Lipinski definition) is 1. The van der Waals surface area contributed by atoms with Gasteiger partial charge < -0.3 is 20.1 Å². The van der Waals surface area contributed by atoms with Crippen LogP contribution >= 0.6 is 0 Å². The summed E-state index contributed by atoms with van der Waals surface area (Å²) in [7, 11) is 3.04. The average molecular weight is 232 g/mol. The summed E-state index contributed by atoms with van der Waals surface area (Å²) in [4.78, 5) is 13.3. The van der Waals surface area contributed by atoms with E-state index in [1.165, 1.54) is 7.11 Å². The maximum atomic E-state index is 11.1. The van der Waals surface area contributed by atoms with Gasteiger partial charge in [0.25, 0.3) is 0 Å². The minimum atomic E-state index is -0.521. The molecule has 0 saturated heterocycles. The van der Waals surface area contributed by atoms with Gasteiger partial charge in [-0.1, -0.05) is 6.92 Å². The van der Waals surface area contributed by atoms with Crippen molar-refractivity contribution in [2.45, 2.75) is 25.8 Å². The third kappa shape index (κ3) is 6.76. The van der Waals surface area contributed by atoms with Crippen LogP contribution in [0.25, 0.3) is 0 Å². The molecule has 1 unspecified atom stereocenters. The molecule has 0 aromatic carbocycles. The van der Waals surface area contributed by atoms with Crippen molar-refractivity contribution in [2.24, 2.45) is 5.73 Å². The van der Waals surface area contributed by atoms with Gasteiger partial charge in [0.2, 0.25) is 0 Å². The zero-order valence-corrected chi connectivity index (χ0v) is 10.6. The monoisotopic (exact) mass is 232 g/mol. The number of hydrogen-bond acceptors (Lipinski definition) is 5. The van der Waals surface area contributed by atoms with Crippen LogP contribution in [0.2, 0.25) is 0 Å². The Balaban J connectivity index is 3.85. The van der Waals surface area contributed by atoms with Gasteiger partial charge in [-0.2, -0.15) is 0 Å². The first kappa shape index (κ1) is 15.3. The van der Waals surface area contributed by atoms with E-state index in [1.54, 1.807) is 7.11 Å². The smallest absolute Gasteiger partial charge is 0.322 e. The molecule has 96 valence electrons. The molecule has 0 fully saturated rings. The normalized spacial score (nSPS) is 12.8. The Morgan fingerprint density at radius 1 is 1.31 bits per heavy atom. The van der Waals surface area contributed by atoms with Gasteiger partial charge in [0.15, 0.2) is 0 Å². The van der Waals surface area contributed by atoms with E-state index < -0.39 is 6.04 Å². The molecule has 0 amide bonds. The fourth-order valence-electron chi connectivity index (χ4n) is 1.46. The molecule has 16 heavy (non-hydrogen) atoms. The molecule has 0 aliphatic heterocycles. The second-order valence-corrected chi connectivity index (χ2v) is 3.75. The number of carbonyl (C=O) groups is 1. The van der Waals surface area contributed by atoms with E-state index in [0.29, 0.717) is 13.0 Å². The molecular weight excluding hydrogens is 208 g/mol. The number of nitrogens with two attached hydrogens (primary N) is 1. The zero-order chi connectivity index (χ0) is 12.4. The number of ether oxygens (including phenoxy) is 2. The van der Waals surface area contributed by atoms with Crippen LogP contribution in [0.1, 0.15) is 19.8 Å². The van der Waals surface area contributed by atoms with Crippen LogP contribution in [0.3, 0.4) is 0 Å². The van der Waals surface area contributed by atoms with E-state index >= 15 is 0 Å². The van der Waals surface area contributed by atoms with E-state index in [0.717, 1.165) is 26.1 Å². The summed E-state index contributed by atoms with van der Waals surface area (Å²) in [6.45, 7) is 5.50. The molecule has 0 bridgehead atoms. The lowest BCUT2D eigenvalue weighted by molar-refractivity contribution is -0.142. The second kappa shape index (κ2) is 9.57. The Labute approximate surface area is 97.9 Å². The molecule has 0 aromatic rings. The molecule has 0 aromatic heterocycles. The van der Waals surface area contributed by atoms with Gasteiger partial charge in [-0.3, -0.25) is 4.79 Å². The molecule has 0 aliphatic carbocycles. The highest BCUT2D eigenvalue weighted by Crippen LogP contribution is 1.98. The minimum Gasteiger partial charge on any atom is -0.468 e. The molecule has 5 nitrogen and oxygen atoms in total. The van der Waals surface area contributed by atoms with E-state index in [9.17, 15) is 4.79 Å². The fourth-order valence-corrected chi connectivity index (χ4v) is 1.46. The quantitative estimate of drug-likeness (QED) is 0.577. The zero-order valence-electron chi connectivity index (χ0n) is 10.6. The molecule has 0 radical (unpaired) electrons. The Morgan fingerprint density at radius 3 is 2.50 bits per heavy atom. The van der Waals surface area contributed by atoms with Gasteiger partial charge in [0.05, 0.1) is 13.7 Å². The van der Waals surface area contributed by atoms with Crippen LogP contribution in [0.4, 0.5) is 0 Å². The average Bonchev–Trinajstić information content (AvgIpc) is 2.31. The van der Waals surface area contributed by atoms with E-state index in [4.69, 9.17) is 10.5 Å². The van der Waals surface area contributed by atoms with Crippen LogP contribution in [-0.4, -0.2) is 57.4 Å². The number of nitrogens with zero attached hydrogens (tertiary/aromatic N) is 1. The molecule has 0 saturated carbocycles. The molecule has 0 rings (SSSR count). The summed E-state index contributed by atoms with van der Waals surface area (Å²) in [6.07, 6.45) is 1.70. The van der Waals surface area contributed by atoms with Gasteiger partial charge in [0, 0.05) is 20.2 Å². The van der Waals surface area contributed by atoms with Gasteiger partial charge in [-0.05, 0) is 19.4 Å². The fraction of sp³-hybridized carbons (Fsp3) is 0.909. The maximum Gasteiger partial charge on any atom is 0.322 e. The van der Waals surface area contributed by atoms with Crippen LogP contribution in [-0.2, 0) is 14.3 Å². The molecular formula is C11H24N2O3. The summed E-state index contributed by atoms with van der Waals surface area (Å²) < 4.78 is 9.61. The molecule has 0 spiro atoms. The van der Waals surface area contributed by atoms with Crippen molar-refractivity contribution < 1.29 is 14.3 Å². The van der Waals surface area contributed by atoms with Crippen molar-refractivity contribution in [2.75, 3.05) is 40.5 Å². The second-order valence-electron chi connectivity index (χ2n) is 3.75. The first-order valence-electron chi connectivity index (χ1n) is 5.70. The number of carbonyl (C=O) groups excluding carboxylic acids is 1. The van der Waals surface area contributed by atoms with Crippen molar-refractivity contribution in [3.05, 3.63) is 0 Å². The highest BCUT2D eigenvalue weighted by Gasteiger charge is 2.14. The first-order chi connectivity index (χ1) is 7.65. The van der Waals surface area contributed by atoms with Crippen molar-refractivity contribution in [3.8, 4) is 0 Å². The highest BCUT2D eigenvalue weighted by atomic mass is 16.5. The number of methoxy groups -OCH3 is 2. The first-order valence-corrected chi connectivity index (χ1v) is 5.70. The Bertz CT molecular complexity index is 188. The lowest BCUT2D eigenvalue weighted by Gasteiger charge is -2.22. The minimum absolute atomic E-state index is 0.344. The lowest BCUT2D eigenvalue weighted by Crippen LogP contribution is -2.37. The van der Waals surface area contributed by atoms with Crippen molar-refractivity contribution >= 4 is 5.97 Å². The van der Waals surface area contributed by atoms with Crippen LogP contribution in [0.15, 0.2) is 0 Å². The Hall–Kier alpha value is -0.650. The summed E-state index contributed by atoms with van der Waals surface area (Å²) in [5.74, 6) is -0.344. The highest BCUT2D eigenvalue weighted by molar-refractivity contribution is 5.75. The SMILES string of the molecule is CCCN(CCOC)CCC(N)C(=O)OC.